The van der Waals surface area contributed by atoms with Gasteiger partial charge in [0.1, 0.15) is 22.9 Å². The lowest BCUT2D eigenvalue weighted by Crippen LogP contribution is -2.19. The summed E-state index contributed by atoms with van der Waals surface area (Å²) >= 11 is 6.03. The Hall–Kier alpha value is -4.13. The van der Waals surface area contributed by atoms with E-state index in [1.165, 1.54) is 24.3 Å². The normalized spacial score (nSPS) is 11.5. The summed E-state index contributed by atoms with van der Waals surface area (Å²) in [5.74, 6) is -3.70. The minimum absolute atomic E-state index is 0.205. The predicted molar refractivity (Wildman–Crippen MR) is 107 cm³/mol. The number of halogens is 6. The lowest BCUT2D eigenvalue weighted by molar-refractivity contribution is -0.142. The highest BCUT2D eigenvalue weighted by molar-refractivity contribution is 6.33. The molecule has 14 heteroatoms. The van der Waals surface area contributed by atoms with Crippen LogP contribution in [0.2, 0.25) is 5.02 Å². The number of benzene rings is 2. The van der Waals surface area contributed by atoms with E-state index in [4.69, 9.17) is 21.7 Å². The number of alkyl halides is 3. The van der Waals surface area contributed by atoms with Crippen LogP contribution in [0, 0.1) is 17.2 Å². The maximum Gasteiger partial charge on any atom is 0.434 e. The van der Waals surface area contributed by atoms with Gasteiger partial charge in [-0.2, -0.15) is 23.8 Å². The predicted octanol–water partition coefficient (Wildman–Crippen LogP) is 5.82. The first-order chi connectivity index (χ1) is 16.1. The largest absolute Gasteiger partial charge is 0.434 e. The van der Waals surface area contributed by atoms with Crippen molar-refractivity contribution in [2.24, 2.45) is 5.22 Å². The van der Waals surface area contributed by atoms with Crippen LogP contribution in [0.5, 0.6) is 0 Å². The van der Waals surface area contributed by atoms with Crippen molar-refractivity contribution in [3.8, 4) is 28.3 Å². The molecule has 0 aliphatic rings. The van der Waals surface area contributed by atoms with E-state index in [0.29, 0.717) is 4.68 Å². The third-order valence-electron chi connectivity index (χ3n) is 4.61. The number of nitrogens with one attached hydrogen (secondary N) is 2. The average Bonchev–Trinajstić information content (AvgIpc) is 3.38. The minimum Gasteiger partial charge on any atom is -0.355 e. The second-order valence-corrected chi connectivity index (χ2v) is 7.09. The van der Waals surface area contributed by atoms with Crippen LogP contribution in [0.4, 0.5) is 22.0 Å². The molecule has 0 saturated carbocycles. The van der Waals surface area contributed by atoms with Crippen LogP contribution in [-0.4, -0.2) is 20.8 Å². The van der Waals surface area contributed by atoms with Gasteiger partial charge in [-0.1, -0.05) is 34.1 Å². The van der Waals surface area contributed by atoms with E-state index >= 15 is 0 Å². The summed E-state index contributed by atoms with van der Waals surface area (Å²) in [6.45, 7) is 0. The summed E-state index contributed by atoms with van der Waals surface area (Å²) in [4.78, 5) is 12.7. The zero-order chi connectivity index (χ0) is 24.6. The molecule has 0 saturated heterocycles. The molecule has 0 bridgehead atoms. The Morgan fingerprint density at radius 2 is 1.91 bits per heavy atom. The summed E-state index contributed by atoms with van der Waals surface area (Å²) in [5, 5.41) is 9.77. The van der Waals surface area contributed by atoms with Gasteiger partial charge in [-0.05, 0) is 30.3 Å². The molecule has 174 valence electrons. The van der Waals surface area contributed by atoms with Gasteiger partial charge in [-0.3, -0.25) is 4.79 Å². The molecule has 4 aromatic rings. The lowest BCUT2D eigenvalue weighted by atomic mass is 10.0. The highest BCUT2D eigenvalue weighted by atomic mass is 35.5. The smallest absolute Gasteiger partial charge is 0.355 e. The Kier molecular flexibility index (Phi) is 5.87. The van der Waals surface area contributed by atoms with Crippen LogP contribution in [0.25, 0.3) is 28.3 Å². The number of rotatable bonds is 5. The average molecular weight is 497 g/mol. The molecule has 0 radical (unpaired) electrons. The summed E-state index contributed by atoms with van der Waals surface area (Å²) in [5.41, 5.74) is 4.55. The first-order valence-corrected chi connectivity index (χ1v) is 9.53. The van der Waals surface area contributed by atoms with Gasteiger partial charge in [0.2, 0.25) is 0 Å². The molecule has 0 spiro atoms. The van der Waals surface area contributed by atoms with Crippen molar-refractivity contribution in [2.45, 2.75) is 6.18 Å². The van der Waals surface area contributed by atoms with E-state index in [1.54, 1.807) is 5.43 Å². The van der Waals surface area contributed by atoms with Gasteiger partial charge in [0.15, 0.2) is 11.5 Å². The van der Waals surface area contributed by atoms with Crippen molar-refractivity contribution in [1.82, 2.24) is 20.4 Å². The third-order valence-corrected chi connectivity index (χ3v) is 4.93. The fourth-order valence-electron chi connectivity index (χ4n) is 3.28. The van der Waals surface area contributed by atoms with Gasteiger partial charge < -0.3 is 4.52 Å². The van der Waals surface area contributed by atoms with Crippen molar-refractivity contribution < 1.29 is 31.3 Å². The number of amides is 1. The Morgan fingerprint density at radius 1 is 1.18 bits per heavy atom. The molecule has 0 aliphatic carbocycles. The van der Waals surface area contributed by atoms with E-state index < -0.39 is 57.6 Å². The Bertz CT molecular complexity index is 1390. The van der Waals surface area contributed by atoms with E-state index in [0.717, 1.165) is 24.4 Å². The van der Waals surface area contributed by atoms with Crippen molar-refractivity contribution in [3.05, 3.63) is 76.6 Å². The van der Waals surface area contributed by atoms with Gasteiger partial charge in [0.05, 0.1) is 28.0 Å². The van der Waals surface area contributed by atoms with Crippen LogP contribution in [0.1, 0.15) is 16.1 Å². The van der Waals surface area contributed by atoms with Gasteiger partial charge >= 0.3 is 6.18 Å². The van der Waals surface area contributed by atoms with Crippen molar-refractivity contribution >= 4 is 17.5 Å². The second kappa shape index (κ2) is 8.67. The molecule has 2 heterocycles. The number of hydrogen-bond acceptors (Lipinski definition) is 6. The number of hydrogen-bond donors (Lipinski definition) is 2. The molecular formula is C20H10ClF5N6O2. The first kappa shape index (κ1) is 23.0. The van der Waals surface area contributed by atoms with Gasteiger partial charge in [0.25, 0.3) is 5.91 Å². The number of carbonyl (C=O) groups is 1. The van der Waals surface area contributed by atoms with Crippen molar-refractivity contribution in [2.75, 3.05) is 0 Å². The van der Waals surface area contributed by atoms with Crippen LogP contribution in [0.3, 0.4) is 0 Å². The molecule has 1 amide bonds. The SMILES string of the molecule is N=NNC(=O)c1c(-c2c(F)cccc2Cl)noc1-c1cnn(-c2cccc(F)c2)c1C(F)(F)F. The van der Waals surface area contributed by atoms with E-state index in [-0.39, 0.29) is 10.7 Å². The van der Waals surface area contributed by atoms with Crippen molar-refractivity contribution in [3.63, 3.8) is 0 Å². The first-order valence-electron chi connectivity index (χ1n) is 9.16. The van der Waals surface area contributed by atoms with E-state index in [2.05, 4.69) is 15.5 Å². The molecular weight excluding hydrogens is 487 g/mol. The highest BCUT2D eigenvalue weighted by Gasteiger charge is 2.42. The summed E-state index contributed by atoms with van der Waals surface area (Å²) in [6.07, 6.45) is -4.33. The summed E-state index contributed by atoms with van der Waals surface area (Å²) in [6, 6.07) is 7.77. The molecule has 2 aromatic heterocycles. The standard InChI is InChI=1S/C20H10ClF5N6O2/c21-12-5-2-6-13(23)14(12)16-15(19(33)29-31-27)17(34-30-16)11-8-28-32(18(11)20(24,25)26)10-4-1-3-9(22)7-10/h1-8H,(H2,27,29,33). The molecule has 2 aromatic carbocycles. The Morgan fingerprint density at radius 3 is 2.56 bits per heavy atom. The van der Waals surface area contributed by atoms with Crippen LogP contribution >= 0.6 is 11.6 Å². The van der Waals surface area contributed by atoms with Gasteiger partial charge in [0, 0.05) is 0 Å². The number of aromatic nitrogens is 3. The zero-order valence-electron chi connectivity index (χ0n) is 16.5. The maximum absolute atomic E-state index is 14.5. The van der Waals surface area contributed by atoms with Gasteiger partial charge in [-0.15, -0.1) is 0 Å². The second-order valence-electron chi connectivity index (χ2n) is 6.68. The Labute approximate surface area is 191 Å². The zero-order valence-corrected chi connectivity index (χ0v) is 17.2. The molecule has 2 N–H and O–H groups in total. The van der Waals surface area contributed by atoms with E-state index in [1.807, 2.05) is 0 Å². The third kappa shape index (κ3) is 4.01. The number of nitrogens with zero attached hydrogens (tertiary/aromatic N) is 4. The summed E-state index contributed by atoms with van der Waals surface area (Å²) in [7, 11) is 0. The monoisotopic (exact) mass is 496 g/mol. The topological polar surface area (TPSA) is 109 Å². The highest BCUT2D eigenvalue weighted by Crippen LogP contribution is 2.42. The maximum atomic E-state index is 14.5. The van der Waals surface area contributed by atoms with E-state index in [9.17, 15) is 26.7 Å². The molecule has 0 aliphatic heterocycles. The molecule has 4 rings (SSSR count). The van der Waals surface area contributed by atoms with Crippen LogP contribution in [-0.2, 0) is 6.18 Å². The lowest BCUT2D eigenvalue weighted by Gasteiger charge is -2.12. The molecule has 34 heavy (non-hydrogen) atoms. The quantitative estimate of drug-likeness (QED) is 0.206. The van der Waals surface area contributed by atoms with Gasteiger partial charge in [-0.25, -0.2) is 18.9 Å². The fraction of sp³-hybridized carbons (Fsp3) is 0.0500. The number of carbonyl (C=O) groups excluding carboxylic acids is 1. The fourth-order valence-corrected chi connectivity index (χ4v) is 3.53. The van der Waals surface area contributed by atoms with Crippen LogP contribution < -0.4 is 5.43 Å². The van der Waals surface area contributed by atoms with Crippen molar-refractivity contribution in [1.29, 1.82) is 5.53 Å². The summed E-state index contributed by atoms with van der Waals surface area (Å²) < 4.78 is 76.0. The van der Waals surface area contributed by atoms with Crippen LogP contribution in [0.15, 0.2) is 58.4 Å². The molecule has 0 unspecified atom stereocenters. The Balaban J connectivity index is 2.02. The minimum atomic E-state index is -5.06. The molecule has 8 nitrogen and oxygen atoms in total. The molecule has 0 atom stereocenters. The molecule has 0 fully saturated rings.